The third-order valence-electron chi connectivity index (χ3n) is 8.92. The second-order valence-electron chi connectivity index (χ2n) is 11.6. The number of H-pyrrole nitrogens is 1. The molecule has 1 fully saturated rings. The zero-order valence-electron chi connectivity index (χ0n) is 23.8. The second kappa shape index (κ2) is 11.0. The lowest BCUT2D eigenvalue weighted by atomic mass is 9.81. The van der Waals surface area contributed by atoms with Crippen LogP contribution in [0.1, 0.15) is 64.5 Å². The summed E-state index contributed by atoms with van der Waals surface area (Å²) >= 11 is 6.17. The molecule has 8 nitrogen and oxygen atoms in total. The topological polar surface area (TPSA) is 96.8 Å². The van der Waals surface area contributed by atoms with Crippen LogP contribution in [0.5, 0.6) is 0 Å². The van der Waals surface area contributed by atoms with Gasteiger partial charge in [-0.2, -0.15) is 0 Å². The lowest BCUT2D eigenvalue weighted by molar-refractivity contribution is -0.151. The van der Waals surface area contributed by atoms with E-state index < -0.39 is 0 Å². The van der Waals surface area contributed by atoms with Gasteiger partial charge in [-0.05, 0) is 86.1 Å². The van der Waals surface area contributed by atoms with Crippen LogP contribution in [0, 0.1) is 12.8 Å². The number of carbonyl (C=O) groups excluding carboxylic acids is 2. The quantitative estimate of drug-likeness (QED) is 0.239. The number of ether oxygens (including phenoxy) is 1. The number of aromatic amines is 1. The molecule has 3 aromatic carbocycles. The highest BCUT2D eigenvalue weighted by Crippen LogP contribution is 2.37. The minimum atomic E-state index is -0.257. The predicted octanol–water partition coefficient (Wildman–Crippen LogP) is 6.36. The first-order valence-corrected chi connectivity index (χ1v) is 15.1. The van der Waals surface area contributed by atoms with Gasteiger partial charge in [0, 0.05) is 28.7 Å². The number of aromatic nitrogens is 3. The van der Waals surface area contributed by atoms with Crippen LogP contribution in [0.25, 0.3) is 16.6 Å². The Morgan fingerprint density at radius 2 is 1.81 bits per heavy atom. The van der Waals surface area contributed by atoms with E-state index in [2.05, 4.69) is 4.98 Å². The summed E-state index contributed by atoms with van der Waals surface area (Å²) in [6, 6.07) is 19.0. The molecule has 0 unspecified atom stereocenters. The summed E-state index contributed by atoms with van der Waals surface area (Å²) in [6.07, 6.45) is 5.31. The van der Waals surface area contributed by atoms with Gasteiger partial charge in [-0.3, -0.25) is 18.8 Å². The lowest BCUT2D eigenvalue weighted by Crippen LogP contribution is -2.29. The molecule has 2 aliphatic rings. The molecular formula is C34H31ClN4O4. The minimum Gasteiger partial charge on any atom is -0.461 e. The number of carbonyl (C=O) groups is 2. The number of hydrogen-bond donors (Lipinski definition) is 1. The number of nitrogens with zero attached hydrogens (tertiary/aromatic N) is 3. The maximum atomic E-state index is 13.7. The van der Waals surface area contributed by atoms with Gasteiger partial charge in [0.05, 0.1) is 23.1 Å². The summed E-state index contributed by atoms with van der Waals surface area (Å²) in [7, 11) is 0. The number of rotatable bonds is 5. The first-order chi connectivity index (χ1) is 20.9. The molecule has 0 bridgehead atoms. The second-order valence-corrected chi connectivity index (χ2v) is 12.0. The van der Waals surface area contributed by atoms with Crippen molar-refractivity contribution in [1.82, 2.24) is 14.4 Å². The van der Waals surface area contributed by atoms with Crippen molar-refractivity contribution >= 4 is 45.7 Å². The van der Waals surface area contributed by atoms with Gasteiger partial charge in [0.1, 0.15) is 17.9 Å². The molecule has 1 aliphatic heterocycles. The molecule has 2 aromatic heterocycles. The molecule has 218 valence electrons. The Morgan fingerprint density at radius 1 is 1.02 bits per heavy atom. The van der Waals surface area contributed by atoms with Crippen molar-refractivity contribution in [2.45, 2.75) is 51.6 Å². The number of imidazole rings is 1. The zero-order valence-corrected chi connectivity index (χ0v) is 24.6. The Labute approximate surface area is 253 Å². The van der Waals surface area contributed by atoms with Crippen molar-refractivity contribution in [3.05, 3.63) is 110 Å². The van der Waals surface area contributed by atoms with E-state index in [0.29, 0.717) is 41.0 Å². The Morgan fingerprint density at radius 3 is 2.60 bits per heavy atom. The Kier molecular flexibility index (Phi) is 7.01. The van der Waals surface area contributed by atoms with Gasteiger partial charge in [-0.1, -0.05) is 41.9 Å². The lowest BCUT2D eigenvalue weighted by Gasteiger charge is -2.27. The van der Waals surface area contributed by atoms with E-state index >= 15 is 0 Å². The normalized spacial score (nSPS) is 18.2. The molecule has 43 heavy (non-hydrogen) atoms. The highest BCUT2D eigenvalue weighted by atomic mass is 35.5. The van der Waals surface area contributed by atoms with Crippen LogP contribution in [0.2, 0.25) is 5.02 Å². The molecule has 1 aliphatic carbocycles. The van der Waals surface area contributed by atoms with Gasteiger partial charge in [-0.15, -0.1) is 0 Å². The van der Waals surface area contributed by atoms with E-state index in [-0.39, 0.29) is 35.9 Å². The fourth-order valence-corrected chi connectivity index (χ4v) is 6.82. The van der Waals surface area contributed by atoms with Crippen LogP contribution < -0.4 is 10.5 Å². The first kappa shape index (κ1) is 27.4. The summed E-state index contributed by atoms with van der Waals surface area (Å²) in [4.78, 5) is 49.1. The van der Waals surface area contributed by atoms with E-state index in [1.807, 2.05) is 59.9 Å². The minimum absolute atomic E-state index is 0.0974. The fourth-order valence-electron chi connectivity index (χ4n) is 6.62. The van der Waals surface area contributed by atoms with E-state index in [1.165, 1.54) is 0 Å². The van der Waals surface area contributed by atoms with Crippen LogP contribution in [0.3, 0.4) is 0 Å². The number of amides is 1. The molecule has 3 heterocycles. The van der Waals surface area contributed by atoms with Crippen molar-refractivity contribution in [3.63, 3.8) is 0 Å². The standard InChI is InChI=1S/C34H31ClN4O4/c1-20-15-29-27(17-26(20)33(41)38-14-13-24-16-25(35)11-12-28(24)38)37-32(40)30-18-36-31(39(29)30)22-7-9-23(10-8-22)34(42)43-19-21-5-3-2-4-6-21/h2-6,11-12,15-18,22-23H,7-10,13-14,19H2,1H3,(H,37,40)/t22-,23-. The van der Waals surface area contributed by atoms with Crippen molar-refractivity contribution < 1.29 is 14.3 Å². The summed E-state index contributed by atoms with van der Waals surface area (Å²) in [5, 5.41) is 0.657. The monoisotopic (exact) mass is 594 g/mol. The number of halogens is 1. The number of hydrogen-bond acceptors (Lipinski definition) is 5. The Hall–Kier alpha value is -4.43. The zero-order chi connectivity index (χ0) is 29.7. The third kappa shape index (κ3) is 4.99. The molecule has 0 saturated heterocycles. The molecule has 1 N–H and O–H groups in total. The summed E-state index contributed by atoms with van der Waals surface area (Å²) in [5.74, 6) is 0.499. The number of esters is 1. The third-order valence-corrected chi connectivity index (χ3v) is 9.15. The molecule has 9 heteroatoms. The van der Waals surface area contributed by atoms with E-state index in [4.69, 9.17) is 21.3 Å². The predicted molar refractivity (Wildman–Crippen MR) is 166 cm³/mol. The van der Waals surface area contributed by atoms with Crippen LogP contribution in [0.15, 0.2) is 71.7 Å². The first-order valence-electron chi connectivity index (χ1n) is 14.7. The average Bonchev–Trinajstić information content (AvgIpc) is 3.66. The summed E-state index contributed by atoms with van der Waals surface area (Å²) in [5.41, 5.74) is 5.85. The van der Waals surface area contributed by atoms with Gasteiger partial charge in [-0.25, -0.2) is 4.98 Å². The van der Waals surface area contributed by atoms with Crippen LogP contribution in [-0.4, -0.2) is 32.8 Å². The fraction of sp³-hybridized carbons (Fsp3) is 0.294. The Bertz CT molecular complexity index is 1940. The average molecular weight is 595 g/mol. The molecule has 5 aromatic rings. The van der Waals surface area contributed by atoms with Gasteiger partial charge in [0.2, 0.25) is 0 Å². The van der Waals surface area contributed by atoms with Gasteiger partial charge in [0.15, 0.2) is 0 Å². The number of fused-ring (bicyclic) bond motifs is 4. The van der Waals surface area contributed by atoms with Gasteiger partial charge < -0.3 is 14.6 Å². The SMILES string of the molecule is Cc1cc2c(cc1C(=O)N1CCc3cc(Cl)ccc31)[nH]c(=O)c1cnc([C@H]3CC[C@H](C(=O)OCc4ccccc4)CC3)n12. The van der Waals surface area contributed by atoms with Crippen molar-refractivity contribution in [3.8, 4) is 0 Å². The van der Waals surface area contributed by atoms with Crippen LogP contribution in [0.4, 0.5) is 5.69 Å². The molecule has 0 atom stereocenters. The van der Waals surface area contributed by atoms with Crippen molar-refractivity contribution in [2.24, 2.45) is 5.92 Å². The number of anilines is 1. The number of benzene rings is 3. The summed E-state index contributed by atoms with van der Waals surface area (Å²) < 4.78 is 7.53. The smallest absolute Gasteiger partial charge is 0.309 e. The highest BCUT2D eigenvalue weighted by Gasteiger charge is 2.31. The van der Waals surface area contributed by atoms with E-state index in [9.17, 15) is 14.4 Å². The van der Waals surface area contributed by atoms with Gasteiger partial charge in [0.25, 0.3) is 11.5 Å². The maximum Gasteiger partial charge on any atom is 0.309 e. The maximum absolute atomic E-state index is 13.7. The van der Waals surface area contributed by atoms with Gasteiger partial charge >= 0.3 is 5.97 Å². The molecule has 0 radical (unpaired) electrons. The van der Waals surface area contributed by atoms with E-state index in [1.54, 1.807) is 23.2 Å². The Balaban J connectivity index is 1.14. The van der Waals surface area contributed by atoms with E-state index in [0.717, 1.165) is 53.0 Å². The number of nitrogens with one attached hydrogen (secondary N) is 1. The van der Waals surface area contributed by atoms with Crippen molar-refractivity contribution in [2.75, 3.05) is 11.4 Å². The van der Waals surface area contributed by atoms with Crippen LogP contribution in [-0.2, 0) is 22.6 Å². The van der Waals surface area contributed by atoms with Crippen LogP contribution >= 0.6 is 11.6 Å². The molecule has 1 amide bonds. The largest absolute Gasteiger partial charge is 0.461 e. The summed E-state index contributed by atoms with van der Waals surface area (Å²) in [6.45, 7) is 2.78. The molecular weight excluding hydrogens is 564 g/mol. The molecule has 1 saturated carbocycles. The van der Waals surface area contributed by atoms with Crippen molar-refractivity contribution in [1.29, 1.82) is 0 Å². The molecule has 7 rings (SSSR count). The molecule has 0 spiro atoms. The number of aryl methyl sites for hydroxylation is 1. The highest BCUT2D eigenvalue weighted by molar-refractivity contribution is 6.30.